The predicted octanol–water partition coefficient (Wildman–Crippen LogP) is 3.49. The van der Waals surface area contributed by atoms with E-state index in [2.05, 4.69) is 34.5 Å². The number of carbonyl (C=O) groups excluding carboxylic acids is 1. The number of rotatable bonds is 5. The minimum absolute atomic E-state index is 0.0486. The van der Waals surface area contributed by atoms with Gasteiger partial charge in [0, 0.05) is 29.9 Å². The van der Waals surface area contributed by atoms with Gasteiger partial charge in [-0.1, -0.05) is 31.2 Å². The topological polar surface area (TPSA) is 117 Å². The summed E-state index contributed by atoms with van der Waals surface area (Å²) in [5, 5.41) is 16.3. The number of carbonyl (C=O) groups is 1. The van der Waals surface area contributed by atoms with E-state index >= 15 is 0 Å². The largest absolute Gasteiger partial charge is 0.322 e. The second kappa shape index (κ2) is 8.24. The van der Waals surface area contributed by atoms with Gasteiger partial charge in [0.1, 0.15) is 11.8 Å². The Hall–Kier alpha value is -4.03. The molecule has 0 bridgehead atoms. The first kappa shape index (κ1) is 21.2. The minimum atomic E-state index is -3.71. The Balaban J connectivity index is 1.65. The molecule has 0 fully saturated rings. The lowest BCUT2D eigenvalue weighted by molar-refractivity contribution is 0.102. The molecular weight excluding hydrogens is 426 g/mol. The van der Waals surface area contributed by atoms with Gasteiger partial charge in [0.25, 0.3) is 5.91 Å². The van der Waals surface area contributed by atoms with Crippen LogP contribution in [0, 0.1) is 11.3 Å². The molecule has 0 aliphatic heterocycles. The number of pyridine rings is 2. The summed E-state index contributed by atoms with van der Waals surface area (Å²) in [4.78, 5) is 16.4. The van der Waals surface area contributed by atoms with E-state index in [1.807, 2.05) is 24.3 Å². The van der Waals surface area contributed by atoms with Gasteiger partial charge < -0.3 is 5.32 Å². The van der Waals surface area contributed by atoms with Crippen molar-refractivity contribution in [2.45, 2.75) is 18.2 Å². The summed E-state index contributed by atoms with van der Waals surface area (Å²) in [6.07, 6.45) is 4.68. The van der Waals surface area contributed by atoms with Crippen molar-refractivity contribution in [3.63, 3.8) is 0 Å². The number of benzene rings is 1. The van der Waals surface area contributed by atoms with Crippen LogP contribution >= 0.6 is 0 Å². The molecule has 0 aliphatic rings. The van der Waals surface area contributed by atoms with Crippen molar-refractivity contribution >= 4 is 26.9 Å². The van der Waals surface area contributed by atoms with Crippen LogP contribution in [0.5, 0.6) is 0 Å². The molecule has 0 aliphatic carbocycles. The molecular formula is C23H19N5O3S. The summed E-state index contributed by atoms with van der Waals surface area (Å²) in [5.74, 6) is -0.649. The Labute approximate surface area is 185 Å². The maximum Gasteiger partial charge on any atom is 0.257 e. The monoisotopic (exact) mass is 445 g/mol. The fourth-order valence-corrected chi connectivity index (χ4v) is 4.10. The molecule has 0 spiro atoms. The highest BCUT2D eigenvalue weighted by molar-refractivity contribution is 7.90. The van der Waals surface area contributed by atoms with Crippen LogP contribution in [0.15, 0.2) is 65.8 Å². The lowest BCUT2D eigenvalue weighted by Gasteiger charge is -2.09. The first-order chi connectivity index (χ1) is 15.3. The summed E-state index contributed by atoms with van der Waals surface area (Å²) >= 11 is 0. The highest BCUT2D eigenvalue weighted by atomic mass is 32.2. The third kappa shape index (κ3) is 4.22. The van der Waals surface area contributed by atoms with E-state index in [1.54, 1.807) is 22.8 Å². The molecule has 1 N–H and O–H groups in total. The smallest absolute Gasteiger partial charge is 0.257 e. The summed E-state index contributed by atoms with van der Waals surface area (Å²) < 4.78 is 25.8. The quantitative estimate of drug-likeness (QED) is 0.503. The zero-order valence-electron chi connectivity index (χ0n) is 17.4. The van der Waals surface area contributed by atoms with Gasteiger partial charge in [0.2, 0.25) is 0 Å². The molecule has 3 heterocycles. The Bertz CT molecular complexity index is 1480. The maximum absolute atomic E-state index is 12.8. The maximum atomic E-state index is 12.8. The van der Waals surface area contributed by atoms with Crippen LogP contribution in [0.1, 0.15) is 28.5 Å². The van der Waals surface area contributed by atoms with E-state index in [9.17, 15) is 13.2 Å². The summed E-state index contributed by atoms with van der Waals surface area (Å²) in [7, 11) is -3.71. The molecule has 0 atom stereocenters. The van der Waals surface area contributed by atoms with E-state index in [1.165, 1.54) is 11.6 Å². The van der Waals surface area contributed by atoms with Crippen LogP contribution in [0.4, 0.5) is 5.69 Å². The molecule has 1 aromatic carbocycles. The number of anilines is 1. The van der Waals surface area contributed by atoms with E-state index in [0.29, 0.717) is 5.69 Å². The number of aromatic nitrogens is 3. The van der Waals surface area contributed by atoms with E-state index in [0.717, 1.165) is 35.6 Å². The van der Waals surface area contributed by atoms with Crippen LogP contribution < -0.4 is 5.32 Å². The van der Waals surface area contributed by atoms with Crippen LogP contribution in [0.2, 0.25) is 0 Å². The lowest BCUT2D eigenvalue weighted by Crippen LogP contribution is -2.17. The van der Waals surface area contributed by atoms with Gasteiger partial charge in [-0.3, -0.25) is 4.79 Å². The van der Waals surface area contributed by atoms with Crippen LogP contribution in [-0.2, 0) is 16.3 Å². The zero-order chi connectivity index (χ0) is 22.9. The fraction of sp³-hybridized carbons (Fsp3) is 0.130. The molecule has 0 saturated heterocycles. The average molecular weight is 446 g/mol. The molecule has 9 heteroatoms. The summed E-state index contributed by atoms with van der Waals surface area (Å²) in [6.45, 7) is 2.10. The third-order valence-electron chi connectivity index (χ3n) is 5.01. The standard InChI is InChI=1S/C23H19N5O3S/c1-3-15-4-6-16(7-5-15)21-12-19-10-17(8-9-28(19)27-21)26-23(29)20-11-18(13-24)25-14-22(20)32(2,30)31/h4-12,14H,3H2,1-2H3,(H,26,29). The van der Waals surface area contributed by atoms with Crippen LogP contribution in [-0.4, -0.2) is 35.2 Å². The van der Waals surface area contributed by atoms with Crippen molar-refractivity contribution in [2.75, 3.05) is 11.6 Å². The number of nitriles is 1. The second-order valence-corrected chi connectivity index (χ2v) is 9.25. The van der Waals surface area contributed by atoms with Gasteiger partial charge in [-0.05, 0) is 36.2 Å². The van der Waals surface area contributed by atoms with Crippen LogP contribution in [0.25, 0.3) is 16.8 Å². The number of sulfone groups is 1. The van der Waals surface area contributed by atoms with E-state index in [-0.39, 0.29) is 16.2 Å². The Morgan fingerprint density at radius 2 is 1.91 bits per heavy atom. The number of hydrogen-bond acceptors (Lipinski definition) is 6. The Morgan fingerprint density at radius 3 is 2.56 bits per heavy atom. The molecule has 8 nitrogen and oxygen atoms in total. The first-order valence-electron chi connectivity index (χ1n) is 9.79. The van der Waals surface area contributed by atoms with Crippen molar-refractivity contribution in [3.8, 4) is 17.3 Å². The zero-order valence-corrected chi connectivity index (χ0v) is 18.2. The van der Waals surface area contributed by atoms with Crippen molar-refractivity contribution in [1.82, 2.24) is 14.6 Å². The van der Waals surface area contributed by atoms with E-state index < -0.39 is 15.7 Å². The number of hydrogen-bond donors (Lipinski definition) is 1. The highest BCUT2D eigenvalue weighted by Gasteiger charge is 2.21. The van der Waals surface area contributed by atoms with Crippen molar-refractivity contribution in [3.05, 3.63) is 77.7 Å². The fourth-order valence-electron chi connectivity index (χ4n) is 3.30. The minimum Gasteiger partial charge on any atom is -0.322 e. The normalized spacial score (nSPS) is 11.3. The number of fused-ring (bicyclic) bond motifs is 1. The third-order valence-corrected chi connectivity index (χ3v) is 6.13. The first-order valence-corrected chi connectivity index (χ1v) is 11.7. The van der Waals surface area contributed by atoms with Crippen molar-refractivity contribution in [2.24, 2.45) is 0 Å². The molecule has 0 radical (unpaired) electrons. The van der Waals surface area contributed by atoms with Gasteiger partial charge in [-0.15, -0.1) is 0 Å². The molecule has 0 saturated carbocycles. The molecule has 0 unspecified atom stereocenters. The lowest BCUT2D eigenvalue weighted by atomic mass is 10.1. The number of nitrogens with zero attached hydrogens (tertiary/aromatic N) is 4. The summed E-state index contributed by atoms with van der Waals surface area (Å²) in [6, 6.07) is 16.5. The van der Waals surface area contributed by atoms with Gasteiger partial charge in [0.15, 0.2) is 9.84 Å². The average Bonchev–Trinajstić information content (AvgIpc) is 3.21. The van der Waals surface area contributed by atoms with Gasteiger partial charge in [-0.2, -0.15) is 10.4 Å². The molecule has 1 amide bonds. The molecule has 4 aromatic rings. The molecule has 32 heavy (non-hydrogen) atoms. The van der Waals surface area contributed by atoms with Gasteiger partial charge >= 0.3 is 0 Å². The molecule has 3 aromatic heterocycles. The van der Waals surface area contributed by atoms with Crippen LogP contribution in [0.3, 0.4) is 0 Å². The van der Waals surface area contributed by atoms with Crippen molar-refractivity contribution < 1.29 is 13.2 Å². The Kier molecular flexibility index (Phi) is 5.47. The second-order valence-electron chi connectivity index (χ2n) is 7.27. The molecule has 4 rings (SSSR count). The number of amides is 1. The van der Waals surface area contributed by atoms with E-state index in [4.69, 9.17) is 5.26 Å². The van der Waals surface area contributed by atoms with Crippen molar-refractivity contribution in [1.29, 1.82) is 5.26 Å². The summed E-state index contributed by atoms with van der Waals surface area (Å²) in [5.41, 5.74) is 4.06. The predicted molar refractivity (Wildman–Crippen MR) is 120 cm³/mol. The molecule has 160 valence electrons. The Morgan fingerprint density at radius 1 is 1.16 bits per heavy atom. The number of aryl methyl sites for hydroxylation is 1. The van der Waals surface area contributed by atoms with Gasteiger partial charge in [0.05, 0.1) is 21.7 Å². The SMILES string of the molecule is CCc1ccc(-c2cc3cc(NC(=O)c4cc(C#N)ncc4S(C)(=O)=O)ccn3n2)cc1. The highest BCUT2D eigenvalue weighted by Crippen LogP contribution is 2.23. The van der Waals surface area contributed by atoms with Gasteiger partial charge in [-0.25, -0.2) is 17.9 Å². The number of nitrogens with one attached hydrogen (secondary N) is 1.